The summed E-state index contributed by atoms with van der Waals surface area (Å²) in [5.41, 5.74) is 0.482. The molecule has 0 radical (unpaired) electrons. The number of para-hydroxylation sites is 1. The minimum absolute atomic E-state index is 0.350. The van der Waals surface area contributed by atoms with Crippen molar-refractivity contribution in [3.05, 3.63) is 59.1 Å². The number of amides is 2. The van der Waals surface area contributed by atoms with E-state index in [1.54, 1.807) is 48.5 Å². The van der Waals surface area contributed by atoms with E-state index in [2.05, 4.69) is 10.6 Å². The molecular weight excluding hydrogens is 326 g/mol. The van der Waals surface area contributed by atoms with Crippen molar-refractivity contribution in [1.29, 1.82) is 5.26 Å². The van der Waals surface area contributed by atoms with Crippen LogP contribution in [-0.4, -0.2) is 11.8 Å². The third-order valence-corrected chi connectivity index (χ3v) is 4.34. The van der Waals surface area contributed by atoms with Crippen molar-refractivity contribution in [2.24, 2.45) is 5.41 Å². The van der Waals surface area contributed by atoms with Crippen LogP contribution in [-0.2, 0) is 9.59 Å². The molecule has 0 bridgehead atoms. The number of rotatable bonds is 4. The molecule has 0 aliphatic heterocycles. The van der Waals surface area contributed by atoms with Gasteiger partial charge < -0.3 is 10.6 Å². The number of hydrogen-bond donors (Lipinski definition) is 2. The average molecular weight is 340 g/mol. The Kier molecular flexibility index (Phi) is 4.24. The first-order chi connectivity index (χ1) is 11.5. The zero-order chi connectivity index (χ0) is 17.2. The molecule has 0 spiro atoms. The molecule has 0 heterocycles. The van der Waals surface area contributed by atoms with Gasteiger partial charge >= 0.3 is 0 Å². The van der Waals surface area contributed by atoms with Gasteiger partial charge in [0.2, 0.25) is 11.8 Å². The van der Waals surface area contributed by atoms with Crippen LogP contribution < -0.4 is 10.6 Å². The molecule has 1 fully saturated rings. The maximum atomic E-state index is 12.5. The fourth-order valence-corrected chi connectivity index (χ4v) is 2.55. The lowest BCUT2D eigenvalue weighted by Crippen LogP contribution is -2.35. The molecule has 5 nitrogen and oxygen atoms in total. The molecule has 1 aliphatic carbocycles. The molecule has 6 heteroatoms. The smallest absolute Gasteiger partial charge is 0.240 e. The second-order valence-corrected chi connectivity index (χ2v) is 6.07. The highest BCUT2D eigenvalue weighted by atomic mass is 35.5. The molecule has 1 aliphatic rings. The first-order valence-electron chi connectivity index (χ1n) is 7.43. The van der Waals surface area contributed by atoms with E-state index in [1.165, 1.54) is 0 Å². The molecule has 24 heavy (non-hydrogen) atoms. The van der Waals surface area contributed by atoms with Crippen molar-refractivity contribution in [2.45, 2.75) is 12.8 Å². The van der Waals surface area contributed by atoms with Crippen molar-refractivity contribution in [2.75, 3.05) is 10.6 Å². The van der Waals surface area contributed by atoms with Crippen LogP contribution in [0.4, 0.5) is 11.4 Å². The lowest BCUT2D eigenvalue weighted by Gasteiger charge is -2.16. The topological polar surface area (TPSA) is 82.0 Å². The van der Waals surface area contributed by atoms with Gasteiger partial charge in [-0.05, 0) is 49.2 Å². The summed E-state index contributed by atoms with van der Waals surface area (Å²) < 4.78 is 0. The zero-order valence-electron chi connectivity index (χ0n) is 12.7. The number of anilines is 2. The fourth-order valence-electron chi connectivity index (χ4n) is 2.37. The number of carbonyl (C=O) groups excluding carboxylic acids is 2. The molecular formula is C18H14ClN3O2. The lowest BCUT2D eigenvalue weighted by atomic mass is 10.0. The Bertz CT molecular complexity index is 836. The Morgan fingerprint density at radius 3 is 2.21 bits per heavy atom. The Hall–Kier alpha value is -2.84. The predicted octanol–water partition coefficient (Wildman–Crippen LogP) is 3.57. The van der Waals surface area contributed by atoms with Gasteiger partial charge in [0.15, 0.2) is 0 Å². The Morgan fingerprint density at radius 2 is 1.62 bits per heavy atom. The van der Waals surface area contributed by atoms with Gasteiger partial charge in [-0.15, -0.1) is 0 Å². The number of nitrogens with zero attached hydrogens (tertiary/aromatic N) is 1. The molecule has 2 N–H and O–H groups in total. The maximum Gasteiger partial charge on any atom is 0.240 e. The molecule has 0 unspecified atom stereocenters. The highest BCUT2D eigenvalue weighted by molar-refractivity contribution is 6.34. The summed E-state index contributed by atoms with van der Waals surface area (Å²) >= 11 is 6.04. The molecule has 1 saturated carbocycles. The van der Waals surface area contributed by atoms with E-state index in [0.29, 0.717) is 34.8 Å². The number of nitrogens with one attached hydrogen (secondary N) is 2. The lowest BCUT2D eigenvalue weighted by molar-refractivity contribution is -0.131. The predicted molar refractivity (Wildman–Crippen MR) is 91.5 cm³/mol. The standard InChI is InChI=1S/C18H14ClN3O2/c19-14-3-1-2-4-15(14)22-17(24)18(9-10-18)16(23)21-13-7-5-12(11-20)6-8-13/h1-8H,9-10H2,(H,21,23)(H,22,24). The number of hydrogen-bond acceptors (Lipinski definition) is 3. The van der Waals surface area contributed by atoms with Gasteiger partial charge in [-0.2, -0.15) is 5.26 Å². The first kappa shape index (κ1) is 16.0. The van der Waals surface area contributed by atoms with E-state index in [4.69, 9.17) is 16.9 Å². The van der Waals surface area contributed by atoms with E-state index in [9.17, 15) is 9.59 Å². The molecule has 120 valence electrons. The first-order valence-corrected chi connectivity index (χ1v) is 7.80. The van der Waals surface area contributed by atoms with E-state index in [0.717, 1.165) is 0 Å². The monoisotopic (exact) mass is 339 g/mol. The molecule has 0 saturated heterocycles. The number of carbonyl (C=O) groups is 2. The summed E-state index contributed by atoms with van der Waals surface area (Å²) in [4.78, 5) is 25.0. The van der Waals surface area contributed by atoms with Gasteiger partial charge in [-0.25, -0.2) is 0 Å². The van der Waals surface area contributed by atoms with Gasteiger partial charge in [0.25, 0.3) is 0 Å². The molecule has 2 aromatic rings. The summed E-state index contributed by atoms with van der Waals surface area (Å²) in [6.45, 7) is 0. The Balaban J connectivity index is 1.70. The van der Waals surface area contributed by atoms with E-state index < -0.39 is 5.41 Å². The largest absolute Gasteiger partial charge is 0.325 e. The molecule has 3 rings (SSSR count). The highest BCUT2D eigenvalue weighted by Gasteiger charge is 2.56. The number of benzene rings is 2. The minimum Gasteiger partial charge on any atom is -0.325 e. The quantitative estimate of drug-likeness (QED) is 0.835. The van der Waals surface area contributed by atoms with Gasteiger partial charge in [0.05, 0.1) is 22.3 Å². The van der Waals surface area contributed by atoms with Gasteiger partial charge in [0.1, 0.15) is 5.41 Å². The van der Waals surface area contributed by atoms with Crippen LogP contribution >= 0.6 is 11.6 Å². The average Bonchev–Trinajstić information content (AvgIpc) is 3.39. The maximum absolute atomic E-state index is 12.5. The highest BCUT2D eigenvalue weighted by Crippen LogP contribution is 2.47. The van der Waals surface area contributed by atoms with Gasteiger partial charge in [0, 0.05) is 5.69 Å². The minimum atomic E-state index is -1.06. The molecule has 2 amide bonds. The zero-order valence-corrected chi connectivity index (χ0v) is 13.4. The molecule has 0 aromatic heterocycles. The normalized spacial score (nSPS) is 14.3. The van der Waals surface area contributed by atoms with E-state index >= 15 is 0 Å². The van der Waals surface area contributed by atoms with Crippen LogP contribution in [0, 0.1) is 16.7 Å². The Labute approximate surface area is 144 Å². The van der Waals surface area contributed by atoms with Crippen molar-refractivity contribution in [1.82, 2.24) is 0 Å². The molecule has 2 aromatic carbocycles. The van der Waals surface area contributed by atoms with E-state index in [-0.39, 0.29) is 11.8 Å². The summed E-state index contributed by atoms with van der Waals surface area (Å²) in [5.74, 6) is -0.710. The van der Waals surface area contributed by atoms with Crippen LogP contribution in [0.15, 0.2) is 48.5 Å². The third kappa shape index (κ3) is 3.10. The Morgan fingerprint density at radius 1 is 1.00 bits per heavy atom. The summed E-state index contributed by atoms with van der Waals surface area (Å²) in [6, 6.07) is 15.4. The van der Waals surface area contributed by atoms with Crippen LogP contribution in [0.1, 0.15) is 18.4 Å². The third-order valence-electron chi connectivity index (χ3n) is 4.01. The van der Waals surface area contributed by atoms with Crippen molar-refractivity contribution in [3.8, 4) is 6.07 Å². The van der Waals surface area contributed by atoms with Gasteiger partial charge in [-0.1, -0.05) is 23.7 Å². The fraction of sp³-hybridized carbons (Fsp3) is 0.167. The van der Waals surface area contributed by atoms with Crippen molar-refractivity contribution in [3.63, 3.8) is 0 Å². The number of nitriles is 1. The van der Waals surface area contributed by atoms with Crippen LogP contribution in [0.25, 0.3) is 0 Å². The van der Waals surface area contributed by atoms with Crippen LogP contribution in [0.3, 0.4) is 0 Å². The summed E-state index contributed by atoms with van der Waals surface area (Å²) in [7, 11) is 0. The van der Waals surface area contributed by atoms with Crippen molar-refractivity contribution >= 4 is 34.8 Å². The second-order valence-electron chi connectivity index (χ2n) is 5.66. The SMILES string of the molecule is N#Cc1ccc(NC(=O)C2(C(=O)Nc3ccccc3Cl)CC2)cc1. The van der Waals surface area contributed by atoms with E-state index in [1.807, 2.05) is 6.07 Å². The summed E-state index contributed by atoms with van der Waals surface area (Å²) in [6.07, 6.45) is 0.983. The van der Waals surface area contributed by atoms with Crippen molar-refractivity contribution < 1.29 is 9.59 Å². The molecule has 0 atom stereocenters. The second kappa shape index (κ2) is 6.34. The summed E-state index contributed by atoms with van der Waals surface area (Å²) in [5, 5.41) is 14.7. The van der Waals surface area contributed by atoms with Gasteiger partial charge in [-0.3, -0.25) is 9.59 Å². The van der Waals surface area contributed by atoms with Crippen LogP contribution in [0.2, 0.25) is 5.02 Å². The number of halogens is 1. The van der Waals surface area contributed by atoms with Crippen LogP contribution in [0.5, 0.6) is 0 Å².